The smallest absolute Gasteiger partial charge is 0.270 e. The Bertz CT molecular complexity index is 1290. The van der Waals surface area contributed by atoms with E-state index in [0.29, 0.717) is 39.0 Å². The molecule has 3 aromatic rings. The molecule has 4 rings (SSSR count). The molecule has 1 heterocycles. The van der Waals surface area contributed by atoms with Crippen LogP contribution in [-0.4, -0.2) is 16.8 Å². The third-order valence-corrected chi connectivity index (χ3v) is 7.49. The SMILES string of the molecule is CCOc1cc(/C=C2\SC(=S)N(c3cccc(C)c3)C2=O)cc(I)c1OCc1ccccc1Cl. The number of thiocarbonyl (C=S) groups is 1. The van der Waals surface area contributed by atoms with Gasteiger partial charge in [0.1, 0.15) is 6.61 Å². The van der Waals surface area contributed by atoms with Gasteiger partial charge in [0, 0.05) is 10.6 Å². The quantitative estimate of drug-likeness (QED) is 0.154. The van der Waals surface area contributed by atoms with Crippen molar-refractivity contribution in [2.45, 2.75) is 20.5 Å². The van der Waals surface area contributed by atoms with Crippen LogP contribution in [0.25, 0.3) is 6.08 Å². The molecule has 0 aliphatic carbocycles. The lowest BCUT2D eigenvalue weighted by molar-refractivity contribution is -0.113. The normalized spacial score (nSPS) is 14.7. The molecule has 0 saturated carbocycles. The summed E-state index contributed by atoms with van der Waals surface area (Å²) in [6.45, 7) is 4.72. The average Bonchev–Trinajstić information content (AvgIpc) is 3.07. The van der Waals surface area contributed by atoms with E-state index in [9.17, 15) is 4.79 Å². The van der Waals surface area contributed by atoms with Crippen LogP contribution < -0.4 is 14.4 Å². The van der Waals surface area contributed by atoms with Crippen molar-refractivity contribution in [2.75, 3.05) is 11.5 Å². The number of carbonyl (C=O) groups excluding carboxylic acids is 1. The first kappa shape index (κ1) is 25.0. The van der Waals surface area contributed by atoms with E-state index < -0.39 is 0 Å². The lowest BCUT2D eigenvalue weighted by Gasteiger charge is -2.16. The summed E-state index contributed by atoms with van der Waals surface area (Å²) in [4.78, 5) is 15.3. The highest BCUT2D eigenvalue weighted by Crippen LogP contribution is 2.39. The van der Waals surface area contributed by atoms with Crippen LogP contribution in [0.4, 0.5) is 5.69 Å². The van der Waals surface area contributed by atoms with Crippen molar-refractivity contribution in [1.29, 1.82) is 0 Å². The summed E-state index contributed by atoms with van der Waals surface area (Å²) in [5, 5.41) is 0.655. The topological polar surface area (TPSA) is 38.8 Å². The van der Waals surface area contributed by atoms with E-state index in [2.05, 4.69) is 22.6 Å². The maximum Gasteiger partial charge on any atom is 0.270 e. The van der Waals surface area contributed by atoms with Gasteiger partial charge in [0.2, 0.25) is 0 Å². The Morgan fingerprint density at radius 2 is 1.91 bits per heavy atom. The first-order valence-corrected chi connectivity index (χ1v) is 13.2. The summed E-state index contributed by atoms with van der Waals surface area (Å²) >= 11 is 15.3. The number of hydrogen-bond acceptors (Lipinski definition) is 5. The lowest BCUT2D eigenvalue weighted by atomic mass is 10.1. The van der Waals surface area contributed by atoms with Crippen LogP contribution in [0.15, 0.2) is 65.6 Å². The standard InChI is InChI=1S/C26H21ClINO3S2/c1-3-31-22-13-17(12-21(28)24(22)32-15-18-8-4-5-10-20(18)27)14-23-25(30)29(26(33)34-23)19-9-6-7-16(2)11-19/h4-14H,3,15H2,1-2H3/b23-14-. The number of thioether (sulfide) groups is 1. The van der Waals surface area contributed by atoms with E-state index in [4.69, 9.17) is 33.3 Å². The summed E-state index contributed by atoms with van der Waals surface area (Å²) in [7, 11) is 0. The Morgan fingerprint density at radius 1 is 1.12 bits per heavy atom. The summed E-state index contributed by atoms with van der Waals surface area (Å²) in [5.41, 5.74) is 3.58. The second-order valence-electron chi connectivity index (χ2n) is 7.50. The maximum absolute atomic E-state index is 13.2. The van der Waals surface area contributed by atoms with Gasteiger partial charge in [-0.25, -0.2) is 0 Å². The molecule has 1 aliphatic rings. The lowest BCUT2D eigenvalue weighted by Crippen LogP contribution is -2.27. The summed E-state index contributed by atoms with van der Waals surface area (Å²) in [6, 6.07) is 19.2. The molecule has 3 aromatic carbocycles. The summed E-state index contributed by atoms with van der Waals surface area (Å²) in [6.07, 6.45) is 1.84. The van der Waals surface area contributed by atoms with Crippen molar-refractivity contribution < 1.29 is 14.3 Å². The number of nitrogens with zero attached hydrogens (tertiary/aromatic N) is 1. The zero-order valence-corrected chi connectivity index (χ0v) is 23.1. The van der Waals surface area contributed by atoms with Gasteiger partial charge in [-0.15, -0.1) is 0 Å². The molecule has 1 aliphatic heterocycles. The van der Waals surface area contributed by atoms with Crippen molar-refractivity contribution >= 4 is 80.2 Å². The second-order valence-corrected chi connectivity index (χ2v) is 10.7. The third-order valence-electron chi connectivity index (χ3n) is 5.01. The minimum absolute atomic E-state index is 0.132. The number of rotatable bonds is 7. The molecule has 1 amide bonds. The molecule has 0 atom stereocenters. The van der Waals surface area contributed by atoms with Crippen molar-refractivity contribution in [3.63, 3.8) is 0 Å². The highest BCUT2D eigenvalue weighted by atomic mass is 127. The van der Waals surface area contributed by atoms with Crippen LogP contribution in [0.1, 0.15) is 23.6 Å². The first-order valence-electron chi connectivity index (χ1n) is 10.5. The molecule has 0 N–H and O–H groups in total. The molecular formula is C26H21ClINO3S2. The van der Waals surface area contributed by atoms with Gasteiger partial charge in [0.15, 0.2) is 15.8 Å². The molecule has 1 fully saturated rings. The Morgan fingerprint density at radius 3 is 2.65 bits per heavy atom. The van der Waals surface area contributed by atoms with Gasteiger partial charge in [-0.3, -0.25) is 9.69 Å². The average molecular weight is 622 g/mol. The van der Waals surface area contributed by atoms with E-state index in [-0.39, 0.29) is 5.91 Å². The monoisotopic (exact) mass is 621 g/mol. The van der Waals surface area contributed by atoms with Crippen LogP contribution in [0, 0.1) is 10.5 Å². The molecule has 0 aromatic heterocycles. The summed E-state index contributed by atoms with van der Waals surface area (Å²) < 4.78 is 13.4. The third kappa shape index (κ3) is 5.59. The van der Waals surface area contributed by atoms with Crippen molar-refractivity contribution in [2.24, 2.45) is 0 Å². The fraction of sp³-hybridized carbons (Fsp3) is 0.154. The van der Waals surface area contributed by atoms with Crippen molar-refractivity contribution in [1.82, 2.24) is 0 Å². The molecule has 4 nitrogen and oxygen atoms in total. The zero-order valence-electron chi connectivity index (χ0n) is 18.5. The number of anilines is 1. The summed E-state index contributed by atoms with van der Waals surface area (Å²) in [5.74, 6) is 1.13. The Balaban J connectivity index is 1.61. The number of benzene rings is 3. The van der Waals surface area contributed by atoms with Gasteiger partial charge < -0.3 is 9.47 Å². The molecule has 0 spiro atoms. The molecule has 0 radical (unpaired) electrons. The second kappa shape index (κ2) is 11.1. The molecule has 0 unspecified atom stereocenters. The van der Waals surface area contributed by atoms with E-state index in [1.54, 1.807) is 4.90 Å². The van der Waals surface area contributed by atoms with Gasteiger partial charge in [-0.1, -0.05) is 65.9 Å². The van der Waals surface area contributed by atoms with E-state index in [1.807, 2.05) is 80.6 Å². The fourth-order valence-corrected chi connectivity index (χ4v) is 5.72. The minimum atomic E-state index is -0.132. The number of aryl methyl sites for hydroxylation is 1. The van der Waals surface area contributed by atoms with E-state index in [0.717, 1.165) is 25.9 Å². The molecule has 8 heteroatoms. The highest BCUT2D eigenvalue weighted by Gasteiger charge is 2.33. The number of halogens is 2. The van der Waals surface area contributed by atoms with E-state index >= 15 is 0 Å². The van der Waals surface area contributed by atoms with Crippen LogP contribution in [0.5, 0.6) is 11.5 Å². The molecular weight excluding hydrogens is 601 g/mol. The van der Waals surface area contributed by atoms with Gasteiger partial charge in [-0.05, 0) is 84.0 Å². The molecule has 34 heavy (non-hydrogen) atoms. The molecule has 1 saturated heterocycles. The molecule has 0 bridgehead atoms. The highest BCUT2D eigenvalue weighted by molar-refractivity contribution is 14.1. The van der Waals surface area contributed by atoms with Gasteiger partial charge >= 0.3 is 0 Å². The first-order chi connectivity index (χ1) is 16.4. The maximum atomic E-state index is 13.2. The minimum Gasteiger partial charge on any atom is -0.490 e. The van der Waals surface area contributed by atoms with Crippen molar-refractivity contribution in [3.05, 3.63) is 90.9 Å². The Kier molecular flexibility index (Phi) is 8.18. The number of carbonyl (C=O) groups is 1. The van der Waals surface area contributed by atoms with E-state index in [1.165, 1.54) is 11.8 Å². The predicted molar refractivity (Wildman–Crippen MR) is 153 cm³/mol. The van der Waals surface area contributed by atoms with Crippen molar-refractivity contribution in [3.8, 4) is 11.5 Å². The Labute approximate surface area is 227 Å². The molecule has 174 valence electrons. The van der Waals surface area contributed by atoms with Crippen LogP contribution in [0.2, 0.25) is 5.02 Å². The number of ether oxygens (including phenoxy) is 2. The van der Waals surface area contributed by atoms with Gasteiger partial charge in [-0.2, -0.15) is 0 Å². The van der Waals surface area contributed by atoms with Crippen LogP contribution in [0.3, 0.4) is 0 Å². The van der Waals surface area contributed by atoms with Crippen LogP contribution >= 0.6 is 58.2 Å². The fourth-order valence-electron chi connectivity index (χ4n) is 3.45. The zero-order chi connectivity index (χ0) is 24.2. The van der Waals surface area contributed by atoms with Crippen LogP contribution in [-0.2, 0) is 11.4 Å². The largest absolute Gasteiger partial charge is 0.490 e. The Hall–Kier alpha value is -2.07. The number of hydrogen-bond donors (Lipinski definition) is 0. The predicted octanol–water partition coefficient (Wildman–Crippen LogP) is 7.64. The van der Waals surface area contributed by atoms with Gasteiger partial charge in [0.05, 0.1) is 20.8 Å². The number of amides is 1. The van der Waals surface area contributed by atoms with Gasteiger partial charge in [0.25, 0.3) is 5.91 Å².